The first-order valence-electron chi connectivity index (χ1n) is 2.59. The molecule has 0 aliphatic carbocycles. The van der Waals surface area contributed by atoms with Gasteiger partial charge in [0.15, 0.2) is 0 Å². The van der Waals surface area contributed by atoms with Crippen LogP contribution in [0, 0.1) is 0 Å². The molecule has 0 heterocycles. The number of nitrogens with two attached hydrogens (primary N) is 2. The molecule has 0 aliphatic heterocycles. The summed E-state index contributed by atoms with van der Waals surface area (Å²) in [6, 6.07) is 0.0556. The Hall–Kier alpha value is -0.160. The van der Waals surface area contributed by atoms with E-state index < -0.39 is 0 Å². The molecular formula is C4H13N3O. The molecule has 0 aromatic heterocycles. The minimum absolute atomic E-state index is 0.0556. The van der Waals surface area contributed by atoms with Crippen LogP contribution in [0.1, 0.15) is 0 Å². The molecule has 4 heteroatoms. The highest BCUT2D eigenvalue weighted by atomic mass is 16.3. The first-order valence-corrected chi connectivity index (χ1v) is 2.59. The van der Waals surface area contributed by atoms with Gasteiger partial charge in [-0.2, -0.15) is 0 Å². The number of rotatable bonds is 4. The van der Waals surface area contributed by atoms with Crippen molar-refractivity contribution in [1.29, 1.82) is 0 Å². The molecule has 0 unspecified atom stereocenters. The van der Waals surface area contributed by atoms with Gasteiger partial charge in [-0.3, -0.25) is 5.32 Å². The van der Waals surface area contributed by atoms with Crippen LogP contribution in [-0.2, 0) is 0 Å². The molecule has 0 saturated carbocycles. The third-order valence-corrected chi connectivity index (χ3v) is 0.949. The molecule has 0 atom stereocenters. The predicted octanol–water partition coefficient (Wildman–Crippen LogP) is -2.19. The van der Waals surface area contributed by atoms with E-state index in [0.29, 0.717) is 13.1 Å². The molecule has 0 fully saturated rings. The predicted molar refractivity (Wildman–Crippen MR) is 32.1 cm³/mol. The van der Waals surface area contributed by atoms with Gasteiger partial charge in [-0.05, 0) is 0 Å². The Balaban J connectivity index is 3.07. The lowest BCUT2D eigenvalue weighted by atomic mass is 10.3. The van der Waals surface area contributed by atoms with Crippen molar-refractivity contribution in [1.82, 2.24) is 5.32 Å². The van der Waals surface area contributed by atoms with Gasteiger partial charge in [0, 0.05) is 19.1 Å². The average molecular weight is 119 g/mol. The normalized spacial score (nSPS) is 10.5. The molecule has 0 amide bonds. The summed E-state index contributed by atoms with van der Waals surface area (Å²) in [7, 11) is 0. The maximum absolute atomic E-state index is 8.28. The first kappa shape index (κ1) is 7.84. The van der Waals surface area contributed by atoms with Crippen LogP contribution in [0.25, 0.3) is 0 Å². The number of aliphatic hydroxyl groups is 1. The Bertz CT molecular complexity index is 46.5. The van der Waals surface area contributed by atoms with Gasteiger partial charge in [-0.1, -0.05) is 0 Å². The molecule has 0 spiro atoms. The summed E-state index contributed by atoms with van der Waals surface area (Å²) in [6.45, 7) is 0.882. The molecule has 6 N–H and O–H groups in total. The lowest BCUT2D eigenvalue weighted by Gasteiger charge is -2.10. The summed E-state index contributed by atoms with van der Waals surface area (Å²) >= 11 is 0. The van der Waals surface area contributed by atoms with Gasteiger partial charge in [-0.15, -0.1) is 0 Å². The second-order valence-corrected chi connectivity index (χ2v) is 1.53. The molecule has 4 nitrogen and oxygen atoms in total. The van der Waals surface area contributed by atoms with Crippen molar-refractivity contribution in [2.45, 2.75) is 6.04 Å². The van der Waals surface area contributed by atoms with Crippen LogP contribution in [0.2, 0.25) is 0 Å². The second-order valence-electron chi connectivity index (χ2n) is 1.53. The zero-order valence-electron chi connectivity index (χ0n) is 4.80. The Kier molecular flexibility index (Phi) is 4.89. The Morgan fingerprint density at radius 2 is 1.88 bits per heavy atom. The molecule has 0 aliphatic rings. The molecule has 0 bridgehead atoms. The van der Waals surface area contributed by atoms with E-state index in [2.05, 4.69) is 5.32 Å². The van der Waals surface area contributed by atoms with Gasteiger partial charge in [0.05, 0.1) is 6.73 Å². The van der Waals surface area contributed by atoms with Crippen molar-refractivity contribution in [3.8, 4) is 0 Å². The highest BCUT2D eigenvalue weighted by Gasteiger charge is 1.98. The van der Waals surface area contributed by atoms with Crippen LogP contribution in [0.15, 0.2) is 0 Å². The SMILES string of the molecule is NCC(CN)NCO. The topological polar surface area (TPSA) is 84.3 Å². The maximum Gasteiger partial charge on any atom is 0.0934 e. The summed E-state index contributed by atoms with van der Waals surface area (Å²) in [5.41, 5.74) is 10.4. The average Bonchev–Trinajstić information content (AvgIpc) is 1.83. The lowest BCUT2D eigenvalue weighted by Crippen LogP contribution is -2.42. The van der Waals surface area contributed by atoms with E-state index in [1.54, 1.807) is 0 Å². The number of hydrogen-bond donors (Lipinski definition) is 4. The number of hydrogen-bond acceptors (Lipinski definition) is 4. The third kappa shape index (κ3) is 2.92. The van der Waals surface area contributed by atoms with Gasteiger partial charge >= 0.3 is 0 Å². The molecule has 8 heavy (non-hydrogen) atoms. The zero-order chi connectivity index (χ0) is 6.41. The summed E-state index contributed by atoms with van der Waals surface area (Å²) in [6.07, 6.45) is 0. The largest absolute Gasteiger partial charge is 0.381 e. The molecule has 0 rings (SSSR count). The van der Waals surface area contributed by atoms with E-state index in [-0.39, 0.29) is 12.8 Å². The van der Waals surface area contributed by atoms with E-state index >= 15 is 0 Å². The maximum atomic E-state index is 8.28. The highest BCUT2D eigenvalue weighted by molar-refractivity contribution is 4.64. The van der Waals surface area contributed by atoms with Gasteiger partial charge < -0.3 is 16.6 Å². The molecule has 0 aromatic rings. The minimum atomic E-state index is -0.0565. The first-order chi connectivity index (χ1) is 3.85. The molecular weight excluding hydrogens is 106 g/mol. The van der Waals surface area contributed by atoms with Crippen molar-refractivity contribution in [2.75, 3.05) is 19.8 Å². The van der Waals surface area contributed by atoms with Crippen molar-refractivity contribution >= 4 is 0 Å². The minimum Gasteiger partial charge on any atom is -0.381 e. The Morgan fingerprint density at radius 1 is 1.38 bits per heavy atom. The fraction of sp³-hybridized carbons (Fsp3) is 1.00. The van der Waals surface area contributed by atoms with Crippen LogP contribution >= 0.6 is 0 Å². The van der Waals surface area contributed by atoms with E-state index in [4.69, 9.17) is 16.6 Å². The summed E-state index contributed by atoms with van der Waals surface area (Å²) < 4.78 is 0. The van der Waals surface area contributed by atoms with Gasteiger partial charge in [-0.25, -0.2) is 0 Å². The second kappa shape index (κ2) is 4.99. The van der Waals surface area contributed by atoms with Crippen LogP contribution in [0.5, 0.6) is 0 Å². The highest BCUT2D eigenvalue weighted by Crippen LogP contribution is 1.70. The van der Waals surface area contributed by atoms with Gasteiger partial charge in [0.1, 0.15) is 0 Å². The van der Waals surface area contributed by atoms with E-state index in [9.17, 15) is 0 Å². The van der Waals surface area contributed by atoms with Crippen molar-refractivity contribution < 1.29 is 5.11 Å². The molecule has 0 radical (unpaired) electrons. The quantitative estimate of drug-likeness (QED) is 0.317. The molecule has 0 aromatic carbocycles. The van der Waals surface area contributed by atoms with E-state index in [1.807, 2.05) is 0 Å². The van der Waals surface area contributed by atoms with Crippen LogP contribution < -0.4 is 16.8 Å². The summed E-state index contributed by atoms with van der Waals surface area (Å²) in [5, 5.41) is 11.0. The van der Waals surface area contributed by atoms with Crippen LogP contribution in [-0.4, -0.2) is 31.0 Å². The zero-order valence-corrected chi connectivity index (χ0v) is 4.80. The Morgan fingerprint density at radius 3 is 2.00 bits per heavy atom. The van der Waals surface area contributed by atoms with Crippen molar-refractivity contribution in [3.05, 3.63) is 0 Å². The third-order valence-electron chi connectivity index (χ3n) is 0.949. The smallest absolute Gasteiger partial charge is 0.0934 e. The van der Waals surface area contributed by atoms with E-state index in [0.717, 1.165) is 0 Å². The van der Waals surface area contributed by atoms with Gasteiger partial charge in [0.25, 0.3) is 0 Å². The lowest BCUT2D eigenvalue weighted by molar-refractivity contribution is 0.243. The van der Waals surface area contributed by atoms with Gasteiger partial charge in [0.2, 0.25) is 0 Å². The molecule has 50 valence electrons. The van der Waals surface area contributed by atoms with Crippen molar-refractivity contribution in [2.24, 2.45) is 11.5 Å². The van der Waals surface area contributed by atoms with Crippen LogP contribution in [0.4, 0.5) is 0 Å². The van der Waals surface area contributed by atoms with Crippen LogP contribution in [0.3, 0.4) is 0 Å². The number of aliphatic hydroxyl groups excluding tert-OH is 1. The van der Waals surface area contributed by atoms with E-state index in [1.165, 1.54) is 0 Å². The fourth-order valence-electron chi connectivity index (χ4n) is 0.392. The standard InChI is InChI=1S/C4H13N3O/c5-1-4(2-6)7-3-8/h4,7-8H,1-3,5-6H2. The van der Waals surface area contributed by atoms with Crippen molar-refractivity contribution in [3.63, 3.8) is 0 Å². The summed E-state index contributed by atoms with van der Waals surface area (Å²) in [5.74, 6) is 0. The Labute approximate surface area is 48.9 Å². The molecule has 0 saturated heterocycles. The number of nitrogens with one attached hydrogen (secondary N) is 1. The summed E-state index contributed by atoms with van der Waals surface area (Å²) in [4.78, 5) is 0. The fourth-order valence-corrected chi connectivity index (χ4v) is 0.392. The monoisotopic (exact) mass is 119 g/mol.